The molecule has 1 saturated carbocycles. The Morgan fingerprint density at radius 3 is 2.58 bits per heavy atom. The molecule has 3 amide bonds. The minimum atomic E-state index is -2.69. The summed E-state index contributed by atoms with van der Waals surface area (Å²) in [5, 5.41) is 13.9. The van der Waals surface area contributed by atoms with Crippen LogP contribution in [0.3, 0.4) is 0 Å². The summed E-state index contributed by atoms with van der Waals surface area (Å²) in [7, 11) is 0. The van der Waals surface area contributed by atoms with Gasteiger partial charge in [-0.25, -0.2) is 18.0 Å². The molecule has 0 bridgehead atoms. The van der Waals surface area contributed by atoms with Crippen molar-refractivity contribution in [1.82, 2.24) is 15.5 Å². The van der Waals surface area contributed by atoms with Gasteiger partial charge in [-0.15, -0.1) is 0 Å². The average Bonchev–Trinajstić information content (AvgIpc) is 2.71. The Labute approximate surface area is 182 Å². The molecule has 1 aromatic rings. The van der Waals surface area contributed by atoms with Crippen molar-refractivity contribution in [2.45, 2.75) is 37.6 Å². The molecule has 0 atom stereocenters. The molecule has 1 aliphatic heterocycles. The van der Waals surface area contributed by atoms with Crippen LogP contribution in [0.5, 0.6) is 0 Å². The molecule has 1 heterocycles. The van der Waals surface area contributed by atoms with E-state index in [1.165, 1.54) is 17.0 Å². The summed E-state index contributed by atoms with van der Waals surface area (Å²) in [6.07, 6.45) is -0.159. The highest BCUT2D eigenvalue weighted by Gasteiger charge is 2.36. The molecule has 1 saturated heterocycles. The third-order valence-electron chi connectivity index (χ3n) is 5.41. The van der Waals surface area contributed by atoms with Crippen LogP contribution in [0, 0.1) is 11.2 Å². The molecule has 0 aromatic heterocycles. The molecule has 31 heavy (non-hydrogen) atoms. The maximum atomic E-state index is 13.4. The van der Waals surface area contributed by atoms with Crippen molar-refractivity contribution in [3.05, 3.63) is 45.9 Å². The predicted molar refractivity (Wildman–Crippen MR) is 110 cm³/mol. The van der Waals surface area contributed by atoms with Crippen LogP contribution in [0.4, 0.5) is 18.0 Å². The smallest absolute Gasteiger partial charge is 0.318 e. The van der Waals surface area contributed by atoms with Gasteiger partial charge >= 0.3 is 6.03 Å². The molecule has 0 spiro atoms. The van der Waals surface area contributed by atoms with Crippen molar-refractivity contribution in [1.29, 1.82) is 5.41 Å². The third-order valence-corrected chi connectivity index (χ3v) is 5.70. The molecule has 0 unspecified atom stereocenters. The maximum Gasteiger partial charge on any atom is 0.318 e. The Morgan fingerprint density at radius 1 is 1.29 bits per heavy atom. The molecule has 1 aromatic carbocycles. The number of rotatable bonds is 4. The summed E-state index contributed by atoms with van der Waals surface area (Å²) in [6, 6.07) is 2.82. The lowest BCUT2D eigenvalue weighted by Gasteiger charge is -2.34. The maximum absolute atomic E-state index is 13.4. The van der Waals surface area contributed by atoms with E-state index in [0.717, 1.165) is 6.07 Å². The van der Waals surface area contributed by atoms with Crippen LogP contribution in [-0.2, 0) is 4.79 Å². The fourth-order valence-electron chi connectivity index (χ4n) is 3.68. The number of nitrogens with one attached hydrogen (secondary N) is 3. The van der Waals surface area contributed by atoms with E-state index in [9.17, 15) is 22.8 Å². The summed E-state index contributed by atoms with van der Waals surface area (Å²) < 4.78 is 40.1. The lowest BCUT2D eigenvalue weighted by molar-refractivity contribution is -0.114. The Kier molecular flexibility index (Phi) is 6.78. The molecular weight excluding hydrogens is 435 g/mol. The molecule has 0 radical (unpaired) electrons. The number of primary amides is 1. The van der Waals surface area contributed by atoms with Crippen molar-refractivity contribution in [2.75, 3.05) is 19.6 Å². The first-order valence-electron chi connectivity index (χ1n) is 9.82. The number of nitrogens with two attached hydrogens (primary N) is 1. The number of amides is 3. The van der Waals surface area contributed by atoms with Gasteiger partial charge in [0.1, 0.15) is 5.82 Å². The topological polar surface area (TPSA) is 111 Å². The molecule has 7 nitrogen and oxygen atoms in total. The van der Waals surface area contributed by atoms with E-state index in [0.29, 0.717) is 13.1 Å². The molecule has 2 fully saturated rings. The Morgan fingerprint density at radius 2 is 1.97 bits per heavy atom. The number of nitrogens with zero attached hydrogens (tertiary/aromatic N) is 1. The van der Waals surface area contributed by atoms with Crippen LogP contribution >= 0.6 is 11.6 Å². The number of carbonyl (C=O) groups excluding carboxylic acids is 2. The zero-order valence-corrected chi connectivity index (χ0v) is 17.4. The lowest BCUT2D eigenvalue weighted by Crippen LogP contribution is -2.53. The van der Waals surface area contributed by atoms with Crippen LogP contribution in [-0.4, -0.2) is 54.1 Å². The van der Waals surface area contributed by atoms with Crippen LogP contribution in [0.2, 0.25) is 5.02 Å². The van der Waals surface area contributed by atoms with Crippen molar-refractivity contribution < 1.29 is 22.8 Å². The van der Waals surface area contributed by atoms with Gasteiger partial charge in [0.2, 0.25) is 5.92 Å². The highest BCUT2D eigenvalue weighted by Crippen LogP contribution is 2.33. The lowest BCUT2D eigenvalue weighted by atomic mass is 9.92. The molecule has 11 heteroatoms. The van der Waals surface area contributed by atoms with Gasteiger partial charge in [0.15, 0.2) is 0 Å². The van der Waals surface area contributed by atoms with E-state index in [2.05, 4.69) is 10.6 Å². The van der Waals surface area contributed by atoms with E-state index in [4.69, 9.17) is 22.7 Å². The van der Waals surface area contributed by atoms with Crippen molar-refractivity contribution in [3.8, 4) is 0 Å². The number of urea groups is 1. The third kappa shape index (κ3) is 5.49. The number of hydrogen-bond donors (Lipinski definition) is 4. The molecular formula is C20H23ClF3N5O2. The van der Waals surface area contributed by atoms with Gasteiger partial charge in [0.05, 0.1) is 22.9 Å². The fraction of sp³-hybridized carbons (Fsp3) is 0.450. The first-order valence-corrected chi connectivity index (χ1v) is 10.2. The first-order chi connectivity index (χ1) is 14.6. The Balaban J connectivity index is 1.75. The van der Waals surface area contributed by atoms with Gasteiger partial charge < -0.3 is 21.3 Å². The number of alkyl halides is 2. The van der Waals surface area contributed by atoms with Crippen LogP contribution in [0.15, 0.2) is 29.5 Å². The molecule has 168 valence electrons. The second-order valence-electron chi connectivity index (χ2n) is 7.65. The number of piperazine rings is 1. The minimum Gasteiger partial charge on any atom is -0.384 e. The van der Waals surface area contributed by atoms with E-state index >= 15 is 0 Å². The van der Waals surface area contributed by atoms with Crippen LogP contribution in [0.1, 0.15) is 31.2 Å². The van der Waals surface area contributed by atoms with Gasteiger partial charge in [-0.2, -0.15) is 0 Å². The Hall–Kier alpha value is -2.75. The monoisotopic (exact) mass is 457 g/mol. The largest absolute Gasteiger partial charge is 0.384 e. The second kappa shape index (κ2) is 9.17. The summed E-state index contributed by atoms with van der Waals surface area (Å²) in [5.41, 5.74) is 5.56. The Bertz CT molecular complexity index is 927. The summed E-state index contributed by atoms with van der Waals surface area (Å²) in [4.78, 5) is 26.2. The van der Waals surface area contributed by atoms with Crippen molar-refractivity contribution in [2.24, 2.45) is 5.73 Å². The van der Waals surface area contributed by atoms with Crippen LogP contribution in [0.25, 0.3) is 0 Å². The zero-order chi connectivity index (χ0) is 22.8. The van der Waals surface area contributed by atoms with Gasteiger partial charge in [-0.1, -0.05) is 11.6 Å². The SMILES string of the molecule is N=C(/C(C(N)=O)=C1/CN(C(=O)NC2CCC(F)(F)CC2)CCN1)c1ccc(F)c(Cl)c1. The number of carbonyl (C=O) groups is 2. The normalized spacial score (nSPS) is 20.6. The standard InChI is InChI=1S/C20H23ClF3N5O2/c21-13-9-11(1-2-14(13)22)17(25)16(18(26)30)15-10-29(8-7-27-15)19(31)28-12-3-5-20(23,24)6-4-12/h1-2,9,12,25,27H,3-8,10H2,(H2,26,30)(H,28,31)/b16-15+,25-17?. The predicted octanol–water partition coefficient (Wildman–Crippen LogP) is 2.78. The summed E-state index contributed by atoms with van der Waals surface area (Å²) >= 11 is 5.78. The molecule has 2 aliphatic rings. The van der Waals surface area contributed by atoms with Gasteiger partial charge in [0.25, 0.3) is 5.91 Å². The van der Waals surface area contributed by atoms with Crippen LogP contribution < -0.4 is 16.4 Å². The number of halogens is 4. The average molecular weight is 458 g/mol. The van der Waals surface area contributed by atoms with Gasteiger partial charge in [0, 0.05) is 43.2 Å². The molecule has 3 rings (SSSR count). The van der Waals surface area contributed by atoms with Gasteiger partial charge in [-0.05, 0) is 31.0 Å². The molecule has 5 N–H and O–H groups in total. The highest BCUT2D eigenvalue weighted by molar-refractivity contribution is 6.32. The number of benzene rings is 1. The van der Waals surface area contributed by atoms with E-state index in [1.807, 2.05) is 0 Å². The van der Waals surface area contributed by atoms with E-state index in [1.54, 1.807) is 0 Å². The van der Waals surface area contributed by atoms with E-state index < -0.39 is 23.7 Å². The summed E-state index contributed by atoms with van der Waals surface area (Å²) in [6.45, 7) is 0.601. The number of hydrogen-bond acceptors (Lipinski definition) is 4. The zero-order valence-electron chi connectivity index (χ0n) is 16.6. The van der Waals surface area contributed by atoms with Crippen molar-refractivity contribution >= 4 is 29.3 Å². The quantitative estimate of drug-likeness (QED) is 0.412. The second-order valence-corrected chi connectivity index (χ2v) is 8.06. The summed E-state index contributed by atoms with van der Waals surface area (Å²) in [5.74, 6) is -4.23. The van der Waals surface area contributed by atoms with Crippen molar-refractivity contribution in [3.63, 3.8) is 0 Å². The minimum absolute atomic E-state index is 0.0235. The first kappa shape index (κ1) is 22.9. The fourth-order valence-corrected chi connectivity index (χ4v) is 3.86. The van der Waals surface area contributed by atoms with E-state index in [-0.39, 0.29) is 65.8 Å². The highest BCUT2D eigenvalue weighted by atomic mass is 35.5. The molecule has 1 aliphatic carbocycles. The van der Waals surface area contributed by atoms with Gasteiger partial charge in [-0.3, -0.25) is 10.2 Å².